The summed E-state index contributed by atoms with van der Waals surface area (Å²) in [5, 5.41) is 0. The molecule has 4 rings (SSSR count). The van der Waals surface area contributed by atoms with E-state index in [2.05, 4.69) is 4.72 Å². The van der Waals surface area contributed by atoms with Gasteiger partial charge in [-0.05, 0) is 86.0 Å². The molecule has 1 aliphatic rings. The number of methoxy groups -OCH3 is 1. The van der Waals surface area contributed by atoms with Gasteiger partial charge in [0.05, 0.1) is 29.2 Å². The number of aryl methyl sites for hydroxylation is 1. The van der Waals surface area contributed by atoms with E-state index in [1.54, 1.807) is 31.2 Å². The van der Waals surface area contributed by atoms with Gasteiger partial charge in [-0.25, -0.2) is 21.2 Å². The predicted molar refractivity (Wildman–Crippen MR) is 131 cm³/mol. The predicted octanol–water partition coefficient (Wildman–Crippen LogP) is 4.18. The van der Waals surface area contributed by atoms with Crippen LogP contribution in [0.4, 0.5) is 15.8 Å². The van der Waals surface area contributed by atoms with Crippen LogP contribution in [0.3, 0.4) is 0 Å². The molecule has 0 aliphatic carbocycles. The van der Waals surface area contributed by atoms with Crippen molar-refractivity contribution in [2.75, 3.05) is 29.3 Å². The van der Waals surface area contributed by atoms with Gasteiger partial charge in [0.1, 0.15) is 5.75 Å². The monoisotopic (exact) mass is 520 g/mol. The van der Waals surface area contributed by atoms with Crippen LogP contribution in [-0.4, -0.2) is 37.1 Å². The first-order chi connectivity index (χ1) is 16.7. The van der Waals surface area contributed by atoms with Crippen LogP contribution in [0.1, 0.15) is 18.9 Å². The number of nitrogens with zero attached hydrogens (tertiary/aromatic N) is 1. The second kappa shape index (κ2) is 9.74. The lowest BCUT2D eigenvalue weighted by Gasteiger charge is -2.31. The van der Waals surface area contributed by atoms with Gasteiger partial charge in [-0.3, -0.25) is 9.03 Å². The van der Waals surface area contributed by atoms with E-state index >= 15 is 0 Å². The maximum atomic E-state index is 14.2. The van der Waals surface area contributed by atoms with E-state index < -0.39 is 25.9 Å². The number of nitrogens with one attached hydrogen (secondary N) is 1. The Balaban J connectivity index is 1.60. The Bertz CT molecular complexity index is 1440. The third-order valence-corrected chi connectivity index (χ3v) is 8.78. The van der Waals surface area contributed by atoms with E-state index in [-0.39, 0.29) is 27.8 Å². The van der Waals surface area contributed by atoms with E-state index in [4.69, 9.17) is 9.47 Å². The minimum Gasteiger partial charge on any atom is -0.497 e. The molecule has 0 bridgehead atoms. The average Bonchev–Trinajstić information content (AvgIpc) is 2.84. The summed E-state index contributed by atoms with van der Waals surface area (Å²) >= 11 is 0. The van der Waals surface area contributed by atoms with Crippen LogP contribution in [0.5, 0.6) is 11.5 Å². The molecule has 8 nitrogen and oxygen atoms in total. The third kappa shape index (κ3) is 5.06. The second-order valence-corrected chi connectivity index (χ2v) is 11.4. The molecule has 0 saturated heterocycles. The first kappa shape index (κ1) is 24.8. The molecule has 1 N–H and O–H groups in total. The van der Waals surface area contributed by atoms with Crippen molar-refractivity contribution in [1.82, 2.24) is 0 Å². The molecular formula is C24H25FN2O6S2. The molecular weight excluding hydrogens is 495 g/mol. The van der Waals surface area contributed by atoms with Crippen molar-refractivity contribution in [3.05, 3.63) is 72.0 Å². The number of anilines is 2. The molecule has 1 aliphatic heterocycles. The standard InChI is InChI=1S/C24H25FN2O6S2/c1-3-33-24-13-11-21(16-22(24)25)34(28,29)26-18-6-12-23-17(15-18)5-4-14-27(23)35(30,31)20-9-7-19(32-2)8-10-20/h6-13,15-16,26H,3-5,14H2,1-2H3. The van der Waals surface area contributed by atoms with Crippen LogP contribution in [0.25, 0.3) is 0 Å². The fraction of sp³-hybridized carbons (Fsp3) is 0.250. The van der Waals surface area contributed by atoms with Gasteiger partial charge >= 0.3 is 0 Å². The Kier molecular flexibility index (Phi) is 6.91. The largest absolute Gasteiger partial charge is 0.497 e. The van der Waals surface area contributed by atoms with Crippen LogP contribution in [0, 0.1) is 5.82 Å². The number of hydrogen-bond acceptors (Lipinski definition) is 6. The molecule has 0 aromatic heterocycles. The maximum absolute atomic E-state index is 14.2. The van der Waals surface area contributed by atoms with Gasteiger partial charge in [0, 0.05) is 12.2 Å². The van der Waals surface area contributed by atoms with Gasteiger partial charge in [-0.15, -0.1) is 0 Å². The Labute approximate surface area is 204 Å². The third-order valence-electron chi connectivity index (χ3n) is 5.57. The molecule has 3 aromatic carbocycles. The molecule has 1 heterocycles. The Morgan fingerprint density at radius 3 is 2.34 bits per heavy atom. The summed E-state index contributed by atoms with van der Waals surface area (Å²) in [6.45, 7) is 2.25. The van der Waals surface area contributed by atoms with Crippen LogP contribution in [0.15, 0.2) is 70.5 Å². The number of ether oxygens (including phenoxy) is 2. The smallest absolute Gasteiger partial charge is 0.264 e. The zero-order chi connectivity index (χ0) is 25.2. The van der Waals surface area contributed by atoms with Crippen LogP contribution < -0.4 is 18.5 Å². The van der Waals surface area contributed by atoms with E-state index in [9.17, 15) is 21.2 Å². The molecule has 0 spiro atoms. The maximum Gasteiger partial charge on any atom is 0.264 e. The molecule has 186 valence electrons. The van der Waals surface area contributed by atoms with Gasteiger partial charge in [-0.1, -0.05) is 0 Å². The first-order valence-electron chi connectivity index (χ1n) is 10.9. The number of halogens is 1. The summed E-state index contributed by atoms with van der Waals surface area (Å²) in [5.41, 5.74) is 1.43. The van der Waals surface area contributed by atoms with E-state index in [0.717, 1.165) is 6.07 Å². The highest BCUT2D eigenvalue weighted by atomic mass is 32.2. The Hall–Kier alpha value is -3.31. The average molecular weight is 521 g/mol. The van der Waals surface area contributed by atoms with E-state index in [0.29, 0.717) is 36.4 Å². The van der Waals surface area contributed by atoms with E-state index in [1.807, 2.05) is 0 Å². The van der Waals surface area contributed by atoms with Crippen molar-refractivity contribution >= 4 is 31.4 Å². The van der Waals surface area contributed by atoms with Gasteiger partial charge < -0.3 is 9.47 Å². The molecule has 0 amide bonds. The molecule has 35 heavy (non-hydrogen) atoms. The minimum atomic E-state index is -4.07. The zero-order valence-electron chi connectivity index (χ0n) is 19.2. The molecule has 0 radical (unpaired) electrons. The van der Waals surface area contributed by atoms with Crippen molar-refractivity contribution in [2.24, 2.45) is 0 Å². The number of hydrogen-bond donors (Lipinski definition) is 1. The minimum absolute atomic E-state index is 0.0293. The van der Waals surface area contributed by atoms with Gasteiger partial charge in [0.15, 0.2) is 11.6 Å². The molecule has 0 atom stereocenters. The fourth-order valence-electron chi connectivity index (χ4n) is 3.89. The Morgan fingerprint density at radius 1 is 0.971 bits per heavy atom. The summed E-state index contributed by atoms with van der Waals surface area (Å²) in [5.74, 6) is -0.259. The highest BCUT2D eigenvalue weighted by Crippen LogP contribution is 2.35. The highest BCUT2D eigenvalue weighted by Gasteiger charge is 2.29. The summed E-state index contributed by atoms with van der Waals surface area (Å²) in [4.78, 5) is -0.117. The molecule has 3 aromatic rings. The van der Waals surface area contributed by atoms with Crippen molar-refractivity contribution in [1.29, 1.82) is 0 Å². The summed E-state index contributed by atoms with van der Waals surface area (Å²) in [6.07, 6.45) is 1.15. The van der Waals surface area contributed by atoms with Crippen LogP contribution >= 0.6 is 0 Å². The lowest BCUT2D eigenvalue weighted by Crippen LogP contribution is -2.35. The molecule has 0 fully saturated rings. The van der Waals surface area contributed by atoms with Crippen molar-refractivity contribution < 1.29 is 30.7 Å². The fourth-order valence-corrected chi connectivity index (χ4v) is 6.49. The van der Waals surface area contributed by atoms with Gasteiger partial charge in [-0.2, -0.15) is 0 Å². The van der Waals surface area contributed by atoms with Crippen molar-refractivity contribution in [2.45, 2.75) is 29.6 Å². The highest BCUT2D eigenvalue weighted by molar-refractivity contribution is 7.93. The van der Waals surface area contributed by atoms with Crippen molar-refractivity contribution in [3.8, 4) is 11.5 Å². The first-order valence-corrected chi connectivity index (χ1v) is 13.8. The second-order valence-electron chi connectivity index (χ2n) is 7.83. The molecule has 0 unspecified atom stereocenters. The SMILES string of the molecule is CCOc1ccc(S(=O)(=O)Nc2ccc3c(c2)CCCN3S(=O)(=O)c2ccc(OC)cc2)cc1F. The normalized spacial score (nSPS) is 13.7. The Morgan fingerprint density at radius 2 is 1.69 bits per heavy atom. The summed E-state index contributed by atoms with van der Waals surface area (Å²) in [6, 6.07) is 14.2. The van der Waals surface area contributed by atoms with Crippen molar-refractivity contribution in [3.63, 3.8) is 0 Å². The summed E-state index contributed by atoms with van der Waals surface area (Å²) in [7, 11) is -6.39. The number of rotatable bonds is 8. The summed E-state index contributed by atoms with van der Waals surface area (Å²) < 4.78 is 80.4. The number of benzene rings is 3. The van der Waals surface area contributed by atoms with Crippen LogP contribution in [-0.2, 0) is 26.5 Å². The molecule has 0 saturated carbocycles. The number of fused-ring (bicyclic) bond motifs is 1. The van der Waals surface area contributed by atoms with E-state index in [1.165, 1.54) is 41.7 Å². The number of sulfonamides is 2. The lowest BCUT2D eigenvalue weighted by atomic mass is 10.0. The molecule has 11 heteroatoms. The lowest BCUT2D eigenvalue weighted by molar-refractivity contribution is 0.321. The van der Waals surface area contributed by atoms with Crippen LogP contribution in [0.2, 0.25) is 0 Å². The topological polar surface area (TPSA) is 102 Å². The zero-order valence-corrected chi connectivity index (χ0v) is 20.8. The van der Waals surface area contributed by atoms with Gasteiger partial charge in [0.25, 0.3) is 20.0 Å². The quantitative estimate of drug-likeness (QED) is 0.478. The van der Waals surface area contributed by atoms with Gasteiger partial charge in [0.2, 0.25) is 0 Å².